The second-order valence-corrected chi connectivity index (χ2v) is 6.86. The van der Waals surface area contributed by atoms with E-state index in [0.29, 0.717) is 17.4 Å². The van der Waals surface area contributed by atoms with E-state index in [2.05, 4.69) is 34.5 Å². The molecular weight excluding hydrogens is 260 g/mol. The van der Waals surface area contributed by atoms with E-state index in [9.17, 15) is 4.79 Å². The summed E-state index contributed by atoms with van der Waals surface area (Å²) in [6.45, 7) is 3.20. The Balaban J connectivity index is 1.73. The monoisotopic (exact) mass is 284 g/mol. The van der Waals surface area contributed by atoms with E-state index >= 15 is 0 Å². The van der Waals surface area contributed by atoms with Gasteiger partial charge in [-0.25, -0.2) is 0 Å². The number of nitrogens with one attached hydrogen (secondary N) is 1. The minimum atomic E-state index is 0.330. The third kappa shape index (κ3) is 2.10. The van der Waals surface area contributed by atoms with E-state index in [4.69, 9.17) is 0 Å². The third-order valence-electron chi connectivity index (χ3n) is 5.83. The Labute approximate surface area is 126 Å². The molecule has 1 aliphatic carbocycles. The van der Waals surface area contributed by atoms with E-state index in [1.54, 1.807) is 0 Å². The van der Waals surface area contributed by atoms with Gasteiger partial charge in [-0.3, -0.25) is 4.79 Å². The fourth-order valence-electron chi connectivity index (χ4n) is 4.72. The maximum Gasteiger partial charge on any atom is 0.223 e. The first-order valence-corrected chi connectivity index (χ1v) is 8.40. The summed E-state index contributed by atoms with van der Waals surface area (Å²) in [7, 11) is 0. The number of amides is 1. The number of hydrogen-bond donors (Lipinski definition) is 1. The molecule has 4 rings (SSSR count). The van der Waals surface area contributed by atoms with E-state index in [1.807, 2.05) is 0 Å². The molecule has 0 radical (unpaired) electrons. The molecule has 1 spiro atoms. The Morgan fingerprint density at radius 2 is 1.95 bits per heavy atom. The van der Waals surface area contributed by atoms with Crippen molar-refractivity contribution in [3.05, 3.63) is 35.4 Å². The van der Waals surface area contributed by atoms with Gasteiger partial charge in [-0.1, -0.05) is 24.3 Å². The number of likely N-dealkylation sites (tertiary alicyclic amines) is 1. The molecule has 1 amide bonds. The lowest BCUT2D eigenvalue weighted by Crippen LogP contribution is -2.45. The van der Waals surface area contributed by atoms with Crippen molar-refractivity contribution in [2.75, 3.05) is 19.6 Å². The van der Waals surface area contributed by atoms with Crippen LogP contribution < -0.4 is 5.32 Å². The Morgan fingerprint density at radius 1 is 1.14 bits per heavy atom. The number of hydrogen-bond acceptors (Lipinski definition) is 2. The molecule has 0 aromatic heterocycles. The summed E-state index contributed by atoms with van der Waals surface area (Å²) >= 11 is 0. The molecule has 3 heteroatoms. The predicted molar refractivity (Wildman–Crippen MR) is 83.1 cm³/mol. The first-order chi connectivity index (χ1) is 10.3. The molecule has 21 heavy (non-hydrogen) atoms. The van der Waals surface area contributed by atoms with Crippen molar-refractivity contribution in [3.8, 4) is 0 Å². The maximum atomic E-state index is 12.2. The highest BCUT2D eigenvalue weighted by atomic mass is 16.2. The molecular formula is C18H24N2O. The predicted octanol–water partition coefficient (Wildman–Crippen LogP) is 2.77. The Hall–Kier alpha value is -1.35. The smallest absolute Gasteiger partial charge is 0.223 e. The molecule has 1 aromatic rings. The first-order valence-electron chi connectivity index (χ1n) is 8.40. The molecule has 2 saturated heterocycles. The summed E-state index contributed by atoms with van der Waals surface area (Å²) in [5.41, 5.74) is 3.32. The molecule has 2 heterocycles. The number of carbonyl (C=O) groups is 1. The minimum Gasteiger partial charge on any atom is -0.336 e. The van der Waals surface area contributed by atoms with Crippen molar-refractivity contribution in [1.29, 1.82) is 0 Å². The number of nitrogens with zero attached hydrogens (tertiary/aromatic N) is 1. The van der Waals surface area contributed by atoms with Crippen LogP contribution in [0.2, 0.25) is 0 Å². The summed E-state index contributed by atoms with van der Waals surface area (Å²) in [6.07, 6.45) is 6.64. The Kier molecular flexibility index (Phi) is 3.26. The van der Waals surface area contributed by atoms with Crippen molar-refractivity contribution >= 4 is 5.91 Å². The highest BCUT2D eigenvalue weighted by molar-refractivity contribution is 5.78. The van der Waals surface area contributed by atoms with Crippen LogP contribution in [0.15, 0.2) is 24.3 Å². The van der Waals surface area contributed by atoms with Crippen LogP contribution in [-0.2, 0) is 10.2 Å². The first kappa shape index (κ1) is 13.3. The zero-order valence-corrected chi connectivity index (χ0v) is 12.6. The van der Waals surface area contributed by atoms with E-state index in [-0.39, 0.29) is 0 Å². The van der Waals surface area contributed by atoms with Gasteiger partial charge in [0.05, 0.1) is 6.04 Å². The molecule has 0 bridgehead atoms. The lowest BCUT2D eigenvalue weighted by atomic mass is 9.63. The summed E-state index contributed by atoms with van der Waals surface area (Å²) in [5, 5.41) is 3.50. The molecule has 2 fully saturated rings. The molecule has 1 atom stereocenters. The fraction of sp³-hybridized carbons (Fsp3) is 0.611. The van der Waals surface area contributed by atoms with Crippen LogP contribution in [0.1, 0.15) is 55.7 Å². The zero-order valence-electron chi connectivity index (χ0n) is 12.6. The molecule has 2 aliphatic heterocycles. The lowest BCUT2D eigenvalue weighted by molar-refractivity contribution is -0.130. The van der Waals surface area contributed by atoms with Gasteiger partial charge in [-0.15, -0.1) is 0 Å². The summed E-state index contributed by atoms with van der Waals surface area (Å²) < 4.78 is 0. The number of benzene rings is 1. The van der Waals surface area contributed by atoms with E-state index < -0.39 is 0 Å². The largest absolute Gasteiger partial charge is 0.336 e. The normalized spacial score (nSPS) is 27.9. The highest BCUT2D eigenvalue weighted by Crippen LogP contribution is 2.49. The average Bonchev–Trinajstić information content (AvgIpc) is 2.95. The van der Waals surface area contributed by atoms with Crippen molar-refractivity contribution in [2.24, 2.45) is 0 Å². The van der Waals surface area contributed by atoms with Crippen molar-refractivity contribution in [3.63, 3.8) is 0 Å². The van der Waals surface area contributed by atoms with Crippen LogP contribution in [0.5, 0.6) is 0 Å². The SMILES string of the molecule is O=C1CCCN1[C@H]1CCC2(CCNCC2)c2ccccc21. The van der Waals surface area contributed by atoms with Crippen LogP contribution in [0.3, 0.4) is 0 Å². The van der Waals surface area contributed by atoms with Crippen molar-refractivity contribution in [1.82, 2.24) is 10.2 Å². The standard InChI is InChI=1S/C18H24N2O/c21-17-6-3-13-20(17)16-7-8-18(9-11-19-12-10-18)15-5-2-1-4-14(15)16/h1-2,4-5,16,19H,3,6-13H2/t16-/m0/s1. The average molecular weight is 284 g/mol. The second kappa shape index (κ2) is 5.13. The van der Waals surface area contributed by atoms with Crippen molar-refractivity contribution < 1.29 is 4.79 Å². The van der Waals surface area contributed by atoms with E-state index in [1.165, 1.54) is 30.4 Å². The number of fused-ring (bicyclic) bond motifs is 2. The summed E-state index contributed by atoms with van der Waals surface area (Å²) in [5.74, 6) is 0.357. The van der Waals surface area contributed by atoms with Crippen molar-refractivity contribution in [2.45, 2.75) is 50.0 Å². The molecule has 112 valence electrons. The maximum absolute atomic E-state index is 12.2. The number of piperidine rings is 1. The van der Waals surface area contributed by atoms with Crippen LogP contribution in [-0.4, -0.2) is 30.4 Å². The van der Waals surface area contributed by atoms with Gasteiger partial charge in [-0.05, 0) is 61.7 Å². The topological polar surface area (TPSA) is 32.3 Å². The van der Waals surface area contributed by atoms with Gasteiger partial charge in [0.15, 0.2) is 0 Å². The fourth-order valence-corrected chi connectivity index (χ4v) is 4.72. The molecule has 3 nitrogen and oxygen atoms in total. The molecule has 3 aliphatic rings. The molecule has 0 saturated carbocycles. The van der Waals surface area contributed by atoms with Crippen LogP contribution >= 0.6 is 0 Å². The highest BCUT2D eigenvalue weighted by Gasteiger charge is 2.43. The van der Waals surface area contributed by atoms with Gasteiger partial charge < -0.3 is 10.2 Å². The summed E-state index contributed by atoms with van der Waals surface area (Å²) in [4.78, 5) is 14.3. The third-order valence-corrected chi connectivity index (χ3v) is 5.83. The molecule has 1 N–H and O–H groups in total. The van der Waals surface area contributed by atoms with Crippen LogP contribution in [0.4, 0.5) is 0 Å². The quantitative estimate of drug-likeness (QED) is 0.860. The molecule has 0 unspecified atom stereocenters. The molecule has 1 aromatic carbocycles. The zero-order chi connectivity index (χ0) is 14.3. The number of rotatable bonds is 1. The Bertz CT molecular complexity index is 548. The van der Waals surface area contributed by atoms with Gasteiger partial charge >= 0.3 is 0 Å². The van der Waals surface area contributed by atoms with Gasteiger partial charge in [-0.2, -0.15) is 0 Å². The van der Waals surface area contributed by atoms with Crippen LogP contribution in [0, 0.1) is 0 Å². The van der Waals surface area contributed by atoms with E-state index in [0.717, 1.165) is 38.9 Å². The van der Waals surface area contributed by atoms with Gasteiger partial charge in [0, 0.05) is 13.0 Å². The minimum absolute atomic E-state index is 0.330. The Morgan fingerprint density at radius 3 is 2.71 bits per heavy atom. The number of carbonyl (C=O) groups excluding carboxylic acids is 1. The summed E-state index contributed by atoms with van der Waals surface area (Å²) in [6, 6.07) is 9.25. The second-order valence-electron chi connectivity index (χ2n) is 6.86. The van der Waals surface area contributed by atoms with Gasteiger partial charge in [0.2, 0.25) is 5.91 Å². The van der Waals surface area contributed by atoms with Gasteiger partial charge in [0.25, 0.3) is 0 Å². The van der Waals surface area contributed by atoms with Gasteiger partial charge in [0.1, 0.15) is 0 Å². The lowest BCUT2D eigenvalue weighted by Gasteiger charge is -2.46. The van der Waals surface area contributed by atoms with Crippen LogP contribution in [0.25, 0.3) is 0 Å².